The number of furan rings is 1. The third-order valence-electron chi connectivity index (χ3n) is 5.79. The van der Waals surface area contributed by atoms with E-state index in [0.29, 0.717) is 31.8 Å². The van der Waals surface area contributed by atoms with Gasteiger partial charge in [-0.25, -0.2) is 4.39 Å². The lowest BCUT2D eigenvalue weighted by Gasteiger charge is -2.28. The Morgan fingerprint density at radius 2 is 1.56 bits per heavy atom. The Bertz CT molecular complexity index is 876. The molecule has 0 N–H and O–H groups in total. The van der Waals surface area contributed by atoms with Gasteiger partial charge in [0.05, 0.1) is 13.1 Å². The molecule has 34 heavy (non-hydrogen) atoms. The highest BCUT2D eigenvalue weighted by Crippen LogP contribution is 2.15. The molecule has 0 atom stereocenters. The molecule has 6 heteroatoms. The summed E-state index contributed by atoms with van der Waals surface area (Å²) in [5, 5.41) is 0. The van der Waals surface area contributed by atoms with Gasteiger partial charge in [0.15, 0.2) is 0 Å². The van der Waals surface area contributed by atoms with E-state index in [1.54, 1.807) is 21.9 Å². The van der Waals surface area contributed by atoms with Gasteiger partial charge in [-0.3, -0.25) is 9.59 Å². The maximum Gasteiger partial charge on any atom is 0.242 e. The van der Waals surface area contributed by atoms with E-state index < -0.39 is 0 Å². The number of aryl methyl sites for hydroxylation is 1. The molecule has 0 radical (unpaired) electrons. The highest BCUT2D eigenvalue weighted by atomic mass is 19.1. The molecule has 2 rings (SSSR count). The molecule has 0 aliphatic heterocycles. The first-order chi connectivity index (χ1) is 16.3. The van der Waals surface area contributed by atoms with Crippen LogP contribution in [0.3, 0.4) is 0 Å². The highest BCUT2D eigenvalue weighted by molar-refractivity contribution is 5.84. The van der Waals surface area contributed by atoms with Crippen LogP contribution < -0.4 is 0 Å². The zero-order valence-corrected chi connectivity index (χ0v) is 21.3. The van der Waals surface area contributed by atoms with E-state index in [9.17, 15) is 14.0 Å². The Balaban J connectivity index is 2.05. The second-order valence-corrected chi connectivity index (χ2v) is 9.57. The Morgan fingerprint density at radius 1 is 0.882 bits per heavy atom. The van der Waals surface area contributed by atoms with Gasteiger partial charge in [-0.2, -0.15) is 0 Å². The van der Waals surface area contributed by atoms with Crippen molar-refractivity contribution in [2.45, 2.75) is 85.7 Å². The van der Waals surface area contributed by atoms with Crippen molar-refractivity contribution in [2.75, 3.05) is 13.1 Å². The predicted octanol–water partition coefficient (Wildman–Crippen LogP) is 6.49. The largest absolute Gasteiger partial charge is 0.464 e. The molecule has 0 aliphatic carbocycles. The van der Waals surface area contributed by atoms with Crippen LogP contribution in [-0.2, 0) is 22.7 Å². The lowest BCUT2D eigenvalue weighted by molar-refractivity contribution is -0.141. The Hall–Kier alpha value is -2.63. The fraction of sp³-hybridized carbons (Fsp3) is 0.571. The number of benzene rings is 1. The Labute approximate surface area is 204 Å². The van der Waals surface area contributed by atoms with Gasteiger partial charge in [-0.15, -0.1) is 0 Å². The van der Waals surface area contributed by atoms with Gasteiger partial charge in [0.25, 0.3) is 0 Å². The average Bonchev–Trinajstić information content (AvgIpc) is 3.20. The smallest absolute Gasteiger partial charge is 0.242 e. The lowest BCUT2D eigenvalue weighted by Crippen LogP contribution is -2.43. The summed E-state index contributed by atoms with van der Waals surface area (Å²) in [5.41, 5.74) is 0.826. The number of carbonyl (C=O) groups excluding carboxylic acids is 2. The molecule has 0 saturated heterocycles. The van der Waals surface area contributed by atoms with Crippen molar-refractivity contribution in [1.29, 1.82) is 0 Å². The number of hydrogen-bond donors (Lipinski definition) is 0. The normalized spacial score (nSPS) is 11.1. The monoisotopic (exact) mass is 472 g/mol. The first-order valence-electron chi connectivity index (χ1n) is 12.6. The third-order valence-corrected chi connectivity index (χ3v) is 5.79. The van der Waals surface area contributed by atoms with Crippen LogP contribution in [0, 0.1) is 18.7 Å². The number of carbonyl (C=O) groups is 2. The summed E-state index contributed by atoms with van der Waals surface area (Å²) in [6, 6.07) is 9.87. The van der Waals surface area contributed by atoms with E-state index in [1.807, 2.05) is 19.1 Å². The van der Waals surface area contributed by atoms with Gasteiger partial charge in [-0.05, 0) is 49.1 Å². The van der Waals surface area contributed by atoms with Crippen LogP contribution in [0.1, 0.15) is 82.8 Å². The topological polar surface area (TPSA) is 53.8 Å². The van der Waals surface area contributed by atoms with E-state index >= 15 is 0 Å². The minimum absolute atomic E-state index is 0.0353. The van der Waals surface area contributed by atoms with Crippen LogP contribution in [0.15, 0.2) is 40.8 Å². The van der Waals surface area contributed by atoms with Gasteiger partial charge < -0.3 is 14.2 Å². The quantitative estimate of drug-likeness (QED) is 0.278. The van der Waals surface area contributed by atoms with Crippen molar-refractivity contribution in [3.8, 4) is 0 Å². The zero-order valence-electron chi connectivity index (χ0n) is 21.3. The minimum Gasteiger partial charge on any atom is -0.464 e. The molecule has 1 aromatic carbocycles. The van der Waals surface area contributed by atoms with Crippen molar-refractivity contribution >= 4 is 11.8 Å². The van der Waals surface area contributed by atoms with Crippen molar-refractivity contribution < 1.29 is 18.4 Å². The Morgan fingerprint density at radius 3 is 2.18 bits per heavy atom. The fourth-order valence-corrected chi connectivity index (χ4v) is 3.97. The van der Waals surface area contributed by atoms with Gasteiger partial charge in [0.2, 0.25) is 11.8 Å². The predicted molar refractivity (Wildman–Crippen MR) is 134 cm³/mol. The molecule has 0 bridgehead atoms. The van der Waals surface area contributed by atoms with Crippen molar-refractivity contribution in [3.63, 3.8) is 0 Å². The number of rotatable bonds is 15. The minimum atomic E-state index is -0.313. The summed E-state index contributed by atoms with van der Waals surface area (Å²) in [7, 11) is 0. The SMILES string of the molecule is CCCCCCCCC(=O)N(CC(=O)N(Cc1ccc(F)cc1)Cc1ccc(C)o1)CC(C)C. The highest BCUT2D eigenvalue weighted by Gasteiger charge is 2.23. The molecule has 0 spiro atoms. The fourth-order valence-electron chi connectivity index (χ4n) is 3.97. The summed E-state index contributed by atoms with van der Waals surface area (Å²) in [4.78, 5) is 29.7. The first kappa shape index (κ1) is 27.6. The second-order valence-electron chi connectivity index (χ2n) is 9.57. The molecule has 0 saturated carbocycles. The van der Waals surface area contributed by atoms with E-state index in [0.717, 1.165) is 30.6 Å². The molecule has 0 unspecified atom stereocenters. The van der Waals surface area contributed by atoms with Crippen molar-refractivity contribution in [2.24, 2.45) is 5.92 Å². The molecular formula is C28H41FN2O3. The summed E-state index contributed by atoms with van der Waals surface area (Å²) >= 11 is 0. The van der Waals surface area contributed by atoms with Crippen LogP contribution in [0.4, 0.5) is 4.39 Å². The van der Waals surface area contributed by atoms with Gasteiger partial charge in [0, 0.05) is 19.5 Å². The number of hydrogen-bond acceptors (Lipinski definition) is 3. The first-order valence-corrected chi connectivity index (χ1v) is 12.6. The van der Waals surface area contributed by atoms with Crippen LogP contribution >= 0.6 is 0 Å². The number of halogens is 1. The molecular weight excluding hydrogens is 431 g/mol. The van der Waals surface area contributed by atoms with Crippen LogP contribution in [0.2, 0.25) is 0 Å². The second kappa shape index (κ2) is 14.6. The maximum absolute atomic E-state index is 13.4. The number of nitrogens with zero attached hydrogens (tertiary/aromatic N) is 2. The maximum atomic E-state index is 13.4. The van der Waals surface area contributed by atoms with Gasteiger partial charge in [0.1, 0.15) is 17.3 Å². The van der Waals surface area contributed by atoms with Gasteiger partial charge in [-0.1, -0.05) is 65.0 Å². The Kier molecular flexibility index (Phi) is 11.9. The molecule has 5 nitrogen and oxygen atoms in total. The van der Waals surface area contributed by atoms with Crippen LogP contribution in [-0.4, -0.2) is 34.7 Å². The van der Waals surface area contributed by atoms with E-state index in [2.05, 4.69) is 20.8 Å². The van der Waals surface area contributed by atoms with Crippen LogP contribution in [0.5, 0.6) is 0 Å². The average molecular weight is 473 g/mol. The van der Waals surface area contributed by atoms with Crippen molar-refractivity contribution in [1.82, 2.24) is 9.80 Å². The molecule has 1 heterocycles. The summed E-state index contributed by atoms with van der Waals surface area (Å²) < 4.78 is 19.1. The molecule has 0 fully saturated rings. The standard InChI is InChI=1S/C28H41FN2O3/c1-5-6-7-8-9-10-11-27(32)30(18-22(2)3)21-28(33)31(20-26-17-12-23(4)34-26)19-24-13-15-25(29)16-14-24/h12-17,22H,5-11,18-21H2,1-4H3. The summed E-state index contributed by atoms with van der Waals surface area (Å²) in [6.45, 7) is 9.36. The van der Waals surface area contributed by atoms with E-state index in [-0.39, 0.29) is 30.1 Å². The molecule has 188 valence electrons. The summed E-state index contributed by atoms with van der Waals surface area (Å²) in [6.07, 6.45) is 7.18. The number of amides is 2. The van der Waals surface area contributed by atoms with E-state index in [1.165, 1.54) is 31.4 Å². The molecule has 0 aliphatic rings. The molecule has 2 aromatic rings. The van der Waals surface area contributed by atoms with Crippen LogP contribution in [0.25, 0.3) is 0 Å². The summed E-state index contributed by atoms with van der Waals surface area (Å²) in [5.74, 6) is 1.30. The molecule has 2 amide bonds. The van der Waals surface area contributed by atoms with Gasteiger partial charge >= 0.3 is 0 Å². The lowest BCUT2D eigenvalue weighted by atomic mass is 10.1. The third kappa shape index (κ3) is 10.1. The number of unbranched alkanes of at least 4 members (excludes halogenated alkanes) is 5. The van der Waals surface area contributed by atoms with E-state index in [4.69, 9.17) is 4.42 Å². The van der Waals surface area contributed by atoms with Crippen molar-refractivity contribution in [3.05, 3.63) is 59.3 Å². The zero-order chi connectivity index (χ0) is 24.9. The molecule has 1 aromatic heterocycles.